The van der Waals surface area contributed by atoms with Crippen LogP contribution in [0.4, 0.5) is 5.69 Å². The third kappa shape index (κ3) is 4.60. The van der Waals surface area contributed by atoms with Gasteiger partial charge in [-0.15, -0.1) is 11.3 Å². The maximum Gasteiger partial charge on any atom is 0.348 e. The molecule has 1 atom stereocenters. The smallest absolute Gasteiger partial charge is 0.348 e. The summed E-state index contributed by atoms with van der Waals surface area (Å²) in [4.78, 5) is 26.2. The highest BCUT2D eigenvalue weighted by Gasteiger charge is 2.21. The Morgan fingerprint density at radius 3 is 2.70 bits per heavy atom. The SMILES string of the molecule is COc1ccc(NC(=O)COC(=O)c2cc3c(s2)CC[C@H](C)C3)cc1OC. The fourth-order valence-corrected chi connectivity index (χ4v) is 4.22. The van der Waals surface area contributed by atoms with E-state index in [9.17, 15) is 9.59 Å². The second-order valence-corrected chi connectivity index (χ2v) is 7.74. The van der Waals surface area contributed by atoms with Crippen LogP contribution in [-0.2, 0) is 22.4 Å². The number of amides is 1. The summed E-state index contributed by atoms with van der Waals surface area (Å²) in [5.74, 6) is 0.849. The number of hydrogen-bond donors (Lipinski definition) is 1. The quantitative estimate of drug-likeness (QED) is 0.763. The number of nitrogens with one attached hydrogen (secondary N) is 1. The first-order valence-corrected chi connectivity index (χ1v) is 9.62. The number of benzene rings is 1. The third-order valence-corrected chi connectivity index (χ3v) is 5.75. The Hall–Kier alpha value is -2.54. The summed E-state index contributed by atoms with van der Waals surface area (Å²) in [5.41, 5.74) is 1.77. The van der Waals surface area contributed by atoms with Gasteiger partial charge in [0, 0.05) is 16.6 Å². The minimum Gasteiger partial charge on any atom is -0.493 e. The summed E-state index contributed by atoms with van der Waals surface area (Å²) in [7, 11) is 3.06. The molecule has 27 heavy (non-hydrogen) atoms. The Bertz CT molecular complexity index is 845. The summed E-state index contributed by atoms with van der Waals surface area (Å²) in [6.45, 7) is 1.88. The standard InChI is InChI=1S/C20H23NO5S/c1-12-4-7-17-13(8-12)9-18(27-17)20(23)26-11-19(22)21-14-5-6-15(24-2)16(10-14)25-3/h5-6,9-10,12H,4,7-8,11H2,1-3H3,(H,21,22)/t12-/m0/s1. The molecule has 6 nitrogen and oxygen atoms in total. The van der Waals surface area contributed by atoms with Gasteiger partial charge in [0.05, 0.1) is 14.2 Å². The minimum absolute atomic E-state index is 0.341. The zero-order chi connectivity index (χ0) is 19.4. The highest BCUT2D eigenvalue weighted by molar-refractivity contribution is 7.14. The van der Waals surface area contributed by atoms with E-state index in [4.69, 9.17) is 14.2 Å². The normalized spacial score (nSPS) is 15.6. The summed E-state index contributed by atoms with van der Waals surface area (Å²) in [6, 6.07) is 6.93. The lowest BCUT2D eigenvalue weighted by Gasteiger charge is -2.16. The number of hydrogen-bond acceptors (Lipinski definition) is 6. The average molecular weight is 389 g/mol. The number of esters is 1. The maximum absolute atomic E-state index is 12.3. The first-order valence-electron chi connectivity index (χ1n) is 8.80. The fraction of sp³-hybridized carbons (Fsp3) is 0.400. The van der Waals surface area contributed by atoms with Gasteiger partial charge in [0.25, 0.3) is 5.91 Å². The molecule has 1 heterocycles. The van der Waals surface area contributed by atoms with Crippen LogP contribution >= 0.6 is 11.3 Å². The number of thiophene rings is 1. The number of carbonyl (C=O) groups excluding carboxylic acids is 2. The first-order chi connectivity index (χ1) is 13.0. The Balaban J connectivity index is 1.55. The van der Waals surface area contributed by atoms with Crippen LogP contribution in [0.5, 0.6) is 11.5 Å². The molecular formula is C20H23NO5S. The molecule has 1 amide bonds. The molecule has 3 rings (SSSR count). The Morgan fingerprint density at radius 2 is 1.96 bits per heavy atom. The van der Waals surface area contributed by atoms with Gasteiger partial charge in [-0.25, -0.2) is 4.79 Å². The monoisotopic (exact) mass is 389 g/mol. The van der Waals surface area contributed by atoms with Crippen molar-refractivity contribution in [2.24, 2.45) is 5.92 Å². The van der Waals surface area contributed by atoms with Crippen molar-refractivity contribution in [3.05, 3.63) is 39.6 Å². The molecule has 1 aromatic carbocycles. The Morgan fingerprint density at radius 1 is 1.19 bits per heavy atom. The van der Waals surface area contributed by atoms with Crippen molar-refractivity contribution in [1.82, 2.24) is 0 Å². The minimum atomic E-state index is -0.454. The molecule has 0 fully saturated rings. The summed E-state index contributed by atoms with van der Waals surface area (Å²) < 4.78 is 15.5. The second-order valence-electron chi connectivity index (χ2n) is 6.60. The molecule has 1 N–H and O–H groups in total. The zero-order valence-corrected chi connectivity index (χ0v) is 16.5. The van der Waals surface area contributed by atoms with Crippen molar-refractivity contribution < 1.29 is 23.8 Å². The largest absolute Gasteiger partial charge is 0.493 e. The van der Waals surface area contributed by atoms with Crippen LogP contribution in [0.2, 0.25) is 0 Å². The molecule has 0 aliphatic heterocycles. The lowest BCUT2D eigenvalue weighted by molar-refractivity contribution is -0.119. The van der Waals surface area contributed by atoms with Crippen LogP contribution in [-0.4, -0.2) is 32.7 Å². The van der Waals surface area contributed by atoms with Gasteiger partial charge in [-0.05, 0) is 48.9 Å². The van der Waals surface area contributed by atoms with E-state index in [1.807, 2.05) is 6.07 Å². The van der Waals surface area contributed by atoms with E-state index in [1.54, 1.807) is 25.3 Å². The van der Waals surface area contributed by atoms with E-state index in [2.05, 4.69) is 12.2 Å². The summed E-state index contributed by atoms with van der Waals surface area (Å²) >= 11 is 1.47. The van der Waals surface area contributed by atoms with Gasteiger partial charge in [0.2, 0.25) is 0 Å². The van der Waals surface area contributed by atoms with Crippen molar-refractivity contribution in [3.8, 4) is 11.5 Å². The van der Waals surface area contributed by atoms with Crippen molar-refractivity contribution in [3.63, 3.8) is 0 Å². The Kier molecular flexibility index (Phi) is 6.01. The number of methoxy groups -OCH3 is 2. The first kappa shape index (κ1) is 19.2. The molecule has 144 valence electrons. The van der Waals surface area contributed by atoms with Crippen molar-refractivity contribution >= 4 is 28.9 Å². The number of aryl methyl sites for hydroxylation is 1. The molecule has 1 aliphatic carbocycles. The van der Waals surface area contributed by atoms with Crippen LogP contribution in [0.25, 0.3) is 0 Å². The maximum atomic E-state index is 12.3. The van der Waals surface area contributed by atoms with E-state index in [0.717, 1.165) is 19.3 Å². The van der Waals surface area contributed by atoms with Gasteiger partial charge in [-0.1, -0.05) is 6.92 Å². The van der Waals surface area contributed by atoms with Crippen molar-refractivity contribution in [2.75, 3.05) is 26.1 Å². The van der Waals surface area contributed by atoms with Crippen LogP contribution < -0.4 is 14.8 Å². The molecule has 0 bridgehead atoms. The molecule has 7 heteroatoms. The average Bonchev–Trinajstić information content (AvgIpc) is 3.09. The summed E-state index contributed by atoms with van der Waals surface area (Å²) in [6.07, 6.45) is 3.16. The van der Waals surface area contributed by atoms with Crippen LogP contribution in [0.3, 0.4) is 0 Å². The van der Waals surface area contributed by atoms with Crippen molar-refractivity contribution in [1.29, 1.82) is 0 Å². The molecule has 0 unspecified atom stereocenters. The zero-order valence-electron chi connectivity index (χ0n) is 15.7. The van der Waals surface area contributed by atoms with Gasteiger partial charge in [0.1, 0.15) is 4.88 Å². The van der Waals surface area contributed by atoms with Gasteiger partial charge >= 0.3 is 5.97 Å². The Labute approximate surface area is 162 Å². The molecule has 0 spiro atoms. The molecule has 1 aromatic heterocycles. The van der Waals surface area contributed by atoms with E-state index in [0.29, 0.717) is 28.0 Å². The van der Waals surface area contributed by atoms with Gasteiger partial charge in [-0.3, -0.25) is 4.79 Å². The topological polar surface area (TPSA) is 73.9 Å². The molecule has 0 saturated heterocycles. The molecule has 0 radical (unpaired) electrons. The predicted octanol–water partition coefficient (Wildman–Crippen LogP) is 3.69. The lowest BCUT2D eigenvalue weighted by Crippen LogP contribution is -2.20. The van der Waals surface area contributed by atoms with E-state index in [-0.39, 0.29) is 6.61 Å². The van der Waals surface area contributed by atoms with E-state index in [1.165, 1.54) is 28.9 Å². The fourth-order valence-electron chi connectivity index (χ4n) is 3.12. The van der Waals surface area contributed by atoms with Crippen LogP contribution in [0, 0.1) is 5.92 Å². The molecule has 0 saturated carbocycles. The number of rotatable bonds is 6. The number of fused-ring (bicyclic) bond motifs is 1. The van der Waals surface area contributed by atoms with Gasteiger partial charge in [0.15, 0.2) is 18.1 Å². The summed E-state index contributed by atoms with van der Waals surface area (Å²) in [5, 5.41) is 2.68. The molecule has 1 aliphatic rings. The van der Waals surface area contributed by atoms with Crippen LogP contribution in [0.15, 0.2) is 24.3 Å². The van der Waals surface area contributed by atoms with Gasteiger partial charge in [-0.2, -0.15) is 0 Å². The second kappa shape index (κ2) is 8.43. The van der Waals surface area contributed by atoms with E-state index < -0.39 is 11.9 Å². The van der Waals surface area contributed by atoms with Gasteiger partial charge < -0.3 is 19.5 Å². The highest BCUT2D eigenvalue weighted by atomic mass is 32.1. The lowest BCUT2D eigenvalue weighted by atomic mass is 9.90. The molecule has 2 aromatic rings. The highest BCUT2D eigenvalue weighted by Crippen LogP contribution is 2.32. The molecular weight excluding hydrogens is 366 g/mol. The predicted molar refractivity (Wildman–Crippen MR) is 104 cm³/mol. The number of anilines is 1. The third-order valence-electron chi connectivity index (χ3n) is 4.53. The van der Waals surface area contributed by atoms with Crippen molar-refractivity contribution in [2.45, 2.75) is 26.2 Å². The number of ether oxygens (including phenoxy) is 3. The van der Waals surface area contributed by atoms with E-state index >= 15 is 0 Å². The number of carbonyl (C=O) groups is 2. The van der Waals surface area contributed by atoms with Crippen LogP contribution in [0.1, 0.15) is 33.5 Å².